The first-order valence-electron chi connectivity index (χ1n) is 10.5. The van der Waals surface area contributed by atoms with Gasteiger partial charge in [-0.3, -0.25) is 9.48 Å². The van der Waals surface area contributed by atoms with Gasteiger partial charge in [0, 0.05) is 24.2 Å². The molecule has 0 aliphatic carbocycles. The summed E-state index contributed by atoms with van der Waals surface area (Å²) < 4.78 is 1.77. The Morgan fingerprint density at radius 3 is 2.33 bits per heavy atom. The summed E-state index contributed by atoms with van der Waals surface area (Å²) in [4.78, 5) is 14.7. The first-order chi connectivity index (χ1) is 14.7. The van der Waals surface area contributed by atoms with Crippen LogP contribution in [0.4, 0.5) is 0 Å². The Morgan fingerprint density at radius 1 is 1.03 bits per heavy atom. The van der Waals surface area contributed by atoms with Crippen LogP contribution in [0.25, 0.3) is 22.4 Å². The molecular formula is C24H30N4O2. The summed E-state index contributed by atoms with van der Waals surface area (Å²) in [5.74, 6) is -0.0555. The van der Waals surface area contributed by atoms with Gasteiger partial charge in [-0.2, -0.15) is 5.10 Å². The van der Waals surface area contributed by atoms with Crippen LogP contribution in [-0.2, 0) is 11.3 Å². The second-order valence-corrected chi connectivity index (χ2v) is 7.16. The van der Waals surface area contributed by atoms with Crippen LogP contribution < -0.4 is 5.32 Å². The van der Waals surface area contributed by atoms with Crippen molar-refractivity contribution in [3.8, 4) is 22.4 Å². The van der Waals surface area contributed by atoms with Gasteiger partial charge in [0.1, 0.15) is 6.54 Å². The van der Waals surface area contributed by atoms with Crippen molar-refractivity contribution in [2.24, 2.45) is 0 Å². The molecule has 3 rings (SSSR count). The van der Waals surface area contributed by atoms with Gasteiger partial charge in [-0.25, -0.2) is 0 Å². The number of nitrogens with zero attached hydrogens (tertiary/aromatic N) is 3. The molecule has 0 radical (unpaired) electrons. The summed E-state index contributed by atoms with van der Waals surface area (Å²) in [5.41, 5.74) is 4.06. The third-order valence-corrected chi connectivity index (χ3v) is 5.10. The van der Waals surface area contributed by atoms with Gasteiger partial charge in [0.15, 0.2) is 0 Å². The van der Waals surface area contributed by atoms with Gasteiger partial charge in [-0.1, -0.05) is 67.6 Å². The number of rotatable bonds is 11. The van der Waals surface area contributed by atoms with Gasteiger partial charge in [-0.05, 0) is 25.1 Å². The van der Waals surface area contributed by atoms with E-state index in [0.717, 1.165) is 41.9 Å². The van der Waals surface area contributed by atoms with E-state index < -0.39 is 0 Å². The lowest BCUT2D eigenvalue weighted by Crippen LogP contribution is -2.33. The number of carbonyl (C=O) groups is 1. The summed E-state index contributed by atoms with van der Waals surface area (Å²) in [6, 6.07) is 20.2. The molecule has 158 valence electrons. The maximum atomic E-state index is 12.6. The molecular weight excluding hydrogens is 376 g/mol. The van der Waals surface area contributed by atoms with Crippen LogP contribution in [0.2, 0.25) is 0 Å². The van der Waals surface area contributed by atoms with E-state index in [1.54, 1.807) is 4.68 Å². The standard InChI is InChI=1S/C24H30N4O2/c1-2-27(16-17-29)15-9-14-25-23(30)19-28-24(21-12-7-4-8-13-21)22(18-26-28)20-10-5-3-6-11-20/h3-8,10-13,18,29H,2,9,14-17,19H2,1H3,(H,25,30). The minimum absolute atomic E-state index is 0.0555. The monoisotopic (exact) mass is 406 g/mol. The van der Waals surface area contributed by atoms with E-state index in [0.29, 0.717) is 13.1 Å². The summed E-state index contributed by atoms with van der Waals surface area (Å²) in [7, 11) is 0. The van der Waals surface area contributed by atoms with Crippen molar-refractivity contribution in [3.05, 3.63) is 66.9 Å². The molecule has 6 heteroatoms. The average molecular weight is 407 g/mol. The van der Waals surface area contributed by atoms with Gasteiger partial charge in [0.25, 0.3) is 0 Å². The lowest BCUT2D eigenvalue weighted by Gasteiger charge is -2.18. The van der Waals surface area contributed by atoms with Gasteiger partial charge in [-0.15, -0.1) is 0 Å². The number of aliphatic hydroxyl groups is 1. The van der Waals surface area contributed by atoms with E-state index in [2.05, 4.69) is 34.4 Å². The highest BCUT2D eigenvalue weighted by Crippen LogP contribution is 2.31. The normalized spacial score (nSPS) is 11.0. The van der Waals surface area contributed by atoms with E-state index in [1.807, 2.05) is 54.7 Å². The number of nitrogens with one attached hydrogen (secondary N) is 1. The van der Waals surface area contributed by atoms with Crippen LogP contribution in [0.15, 0.2) is 66.9 Å². The predicted octanol–water partition coefficient (Wildman–Crippen LogP) is 3.04. The van der Waals surface area contributed by atoms with Crippen molar-refractivity contribution < 1.29 is 9.90 Å². The maximum Gasteiger partial charge on any atom is 0.241 e. The number of carbonyl (C=O) groups excluding carboxylic acids is 1. The highest BCUT2D eigenvalue weighted by Gasteiger charge is 2.16. The van der Waals surface area contributed by atoms with Crippen molar-refractivity contribution >= 4 is 5.91 Å². The highest BCUT2D eigenvalue weighted by atomic mass is 16.3. The van der Waals surface area contributed by atoms with E-state index >= 15 is 0 Å². The molecule has 3 aromatic rings. The SMILES string of the molecule is CCN(CCO)CCCNC(=O)Cn1ncc(-c2ccccc2)c1-c1ccccc1. The Morgan fingerprint density at radius 2 is 1.70 bits per heavy atom. The first-order valence-corrected chi connectivity index (χ1v) is 10.5. The van der Waals surface area contributed by atoms with Gasteiger partial charge >= 0.3 is 0 Å². The second-order valence-electron chi connectivity index (χ2n) is 7.16. The smallest absolute Gasteiger partial charge is 0.241 e. The number of benzene rings is 2. The van der Waals surface area contributed by atoms with Crippen molar-refractivity contribution in [2.45, 2.75) is 19.9 Å². The maximum absolute atomic E-state index is 12.6. The third-order valence-electron chi connectivity index (χ3n) is 5.10. The molecule has 0 spiro atoms. The zero-order valence-corrected chi connectivity index (χ0v) is 17.5. The minimum atomic E-state index is -0.0555. The number of amides is 1. The lowest BCUT2D eigenvalue weighted by molar-refractivity contribution is -0.121. The molecule has 0 atom stereocenters. The molecule has 0 unspecified atom stereocenters. The molecule has 0 saturated carbocycles. The Labute approximate surface area is 178 Å². The molecule has 1 heterocycles. The van der Waals surface area contributed by atoms with Crippen LogP contribution in [0, 0.1) is 0 Å². The van der Waals surface area contributed by atoms with E-state index in [1.165, 1.54) is 0 Å². The van der Waals surface area contributed by atoms with Gasteiger partial charge in [0.05, 0.1) is 18.5 Å². The molecule has 2 N–H and O–H groups in total. The fraction of sp³-hybridized carbons (Fsp3) is 0.333. The minimum Gasteiger partial charge on any atom is -0.395 e. The number of aromatic nitrogens is 2. The van der Waals surface area contributed by atoms with Crippen molar-refractivity contribution in [1.29, 1.82) is 0 Å². The molecule has 1 amide bonds. The van der Waals surface area contributed by atoms with Crippen molar-refractivity contribution in [2.75, 3.05) is 32.8 Å². The molecule has 1 aromatic heterocycles. The van der Waals surface area contributed by atoms with Crippen LogP contribution in [0.3, 0.4) is 0 Å². The van der Waals surface area contributed by atoms with Crippen molar-refractivity contribution in [3.63, 3.8) is 0 Å². The molecule has 0 aliphatic heterocycles. The number of likely N-dealkylation sites (N-methyl/N-ethyl adjacent to an activating group) is 1. The van der Waals surface area contributed by atoms with Crippen LogP contribution in [0.1, 0.15) is 13.3 Å². The molecule has 30 heavy (non-hydrogen) atoms. The number of hydrogen-bond acceptors (Lipinski definition) is 4. The van der Waals surface area contributed by atoms with Gasteiger partial charge < -0.3 is 15.3 Å². The van der Waals surface area contributed by atoms with E-state index in [4.69, 9.17) is 5.11 Å². The summed E-state index contributed by atoms with van der Waals surface area (Å²) >= 11 is 0. The largest absolute Gasteiger partial charge is 0.395 e. The molecule has 6 nitrogen and oxygen atoms in total. The van der Waals surface area contributed by atoms with Crippen LogP contribution >= 0.6 is 0 Å². The first kappa shape index (κ1) is 21.7. The summed E-state index contributed by atoms with van der Waals surface area (Å²) in [6.45, 7) is 5.42. The van der Waals surface area contributed by atoms with Crippen LogP contribution in [-0.4, -0.2) is 58.5 Å². The van der Waals surface area contributed by atoms with Crippen LogP contribution in [0.5, 0.6) is 0 Å². The fourth-order valence-electron chi connectivity index (χ4n) is 3.53. The Hall–Kier alpha value is -2.96. The quantitative estimate of drug-likeness (QED) is 0.480. The Kier molecular flexibility index (Phi) is 8.18. The number of hydrogen-bond donors (Lipinski definition) is 2. The van der Waals surface area contributed by atoms with Crippen molar-refractivity contribution in [1.82, 2.24) is 20.0 Å². The topological polar surface area (TPSA) is 70.4 Å². The molecule has 0 fully saturated rings. The predicted molar refractivity (Wildman–Crippen MR) is 120 cm³/mol. The molecule has 0 aliphatic rings. The Bertz CT molecular complexity index is 909. The fourth-order valence-corrected chi connectivity index (χ4v) is 3.53. The molecule has 0 saturated heterocycles. The van der Waals surface area contributed by atoms with E-state index in [-0.39, 0.29) is 19.1 Å². The lowest BCUT2D eigenvalue weighted by atomic mass is 10.0. The molecule has 0 bridgehead atoms. The van der Waals surface area contributed by atoms with E-state index in [9.17, 15) is 4.79 Å². The number of aliphatic hydroxyl groups excluding tert-OH is 1. The highest BCUT2D eigenvalue weighted by molar-refractivity contribution is 5.82. The summed E-state index contributed by atoms with van der Waals surface area (Å²) in [6.07, 6.45) is 2.68. The Balaban J connectivity index is 1.69. The average Bonchev–Trinajstić information content (AvgIpc) is 3.20. The summed E-state index contributed by atoms with van der Waals surface area (Å²) in [5, 5.41) is 16.6. The second kappa shape index (κ2) is 11.3. The zero-order chi connectivity index (χ0) is 21.2. The third kappa shape index (κ3) is 5.78. The molecule has 2 aromatic carbocycles. The van der Waals surface area contributed by atoms with Gasteiger partial charge in [0.2, 0.25) is 5.91 Å². The zero-order valence-electron chi connectivity index (χ0n) is 17.5.